The Morgan fingerprint density at radius 1 is 1.03 bits per heavy atom. The van der Waals surface area contributed by atoms with Gasteiger partial charge in [-0.05, 0) is 25.7 Å². The molecule has 8 N–H and O–H groups in total. The first-order valence-corrected chi connectivity index (χ1v) is 12.1. The van der Waals surface area contributed by atoms with Crippen LogP contribution in [0.2, 0.25) is 0 Å². The second-order valence-electron chi connectivity index (χ2n) is 8.86. The quantitative estimate of drug-likeness (QED) is 0.0705. The van der Waals surface area contributed by atoms with Crippen molar-refractivity contribution in [2.75, 3.05) is 32.7 Å². The molecule has 0 radical (unpaired) electrons. The van der Waals surface area contributed by atoms with Crippen LogP contribution in [0.5, 0.6) is 0 Å². The van der Waals surface area contributed by atoms with Crippen molar-refractivity contribution in [1.29, 1.82) is 0 Å². The lowest BCUT2D eigenvalue weighted by Gasteiger charge is -2.25. The number of carbonyl (C=O) groups excluding carboxylic acids is 5. The van der Waals surface area contributed by atoms with Gasteiger partial charge in [0.1, 0.15) is 12.1 Å². The van der Waals surface area contributed by atoms with Gasteiger partial charge in [0.05, 0.1) is 26.1 Å². The summed E-state index contributed by atoms with van der Waals surface area (Å²) in [5, 5.41) is 27.3. The SMILES string of the molecule is CC(CC(=O)O)NC(=O)CNC(=O)C(CCCNC1=NCCN1)NC(=O)C(NC(=O)CNC=O)C(C)C. The lowest BCUT2D eigenvalue weighted by molar-refractivity contribution is -0.137. The highest BCUT2D eigenvalue weighted by Crippen LogP contribution is 2.05. The van der Waals surface area contributed by atoms with Crippen LogP contribution in [0.3, 0.4) is 0 Å². The highest BCUT2D eigenvalue weighted by atomic mass is 16.4. The number of aliphatic imine (C=N–C) groups is 1. The Hall–Kier alpha value is -3.91. The zero-order valence-electron chi connectivity index (χ0n) is 21.4. The molecular weight excluding hydrogens is 488 g/mol. The average molecular weight is 527 g/mol. The summed E-state index contributed by atoms with van der Waals surface area (Å²) in [6, 6.07) is -2.60. The fourth-order valence-corrected chi connectivity index (χ4v) is 3.38. The summed E-state index contributed by atoms with van der Waals surface area (Å²) in [6.07, 6.45) is 0.795. The lowest BCUT2D eigenvalue weighted by Crippen LogP contribution is -2.56. The van der Waals surface area contributed by atoms with Crippen LogP contribution in [0.15, 0.2) is 4.99 Å². The van der Waals surface area contributed by atoms with Crippen LogP contribution in [0, 0.1) is 5.92 Å². The molecular formula is C22H38N8O7. The van der Waals surface area contributed by atoms with Gasteiger partial charge in [0, 0.05) is 19.1 Å². The third-order valence-electron chi connectivity index (χ3n) is 5.19. The average Bonchev–Trinajstić information content (AvgIpc) is 3.34. The van der Waals surface area contributed by atoms with Gasteiger partial charge < -0.3 is 42.3 Å². The van der Waals surface area contributed by atoms with Gasteiger partial charge in [0.25, 0.3) is 0 Å². The smallest absolute Gasteiger partial charge is 0.305 e. The summed E-state index contributed by atoms with van der Waals surface area (Å²) < 4.78 is 0. The molecule has 0 fully saturated rings. The van der Waals surface area contributed by atoms with E-state index in [-0.39, 0.29) is 25.3 Å². The van der Waals surface area contributed by atoms with E-state index in [1.807, 2.05) is 0 Å². The minimum atomic E-state index is -1.07. The summed E-state index contributed by atoms with van der Waals surface area (Å²) in [5.74, 6) is -3.08. The Bertz CT molecular complexity index is 849. The fourth-order valence-electron chi connectivity index (χ4n) is 3.38. The molecule has 1 aliphatic rings. The van der Waals surface area contributed by atoms with Crippen molar-refractivity contribution in [3.63, 3.8) is 0 Å². The van der Waals surface area contributed by atoms with Gasteiger partial charge >= 0.3 is 5.97 Å². The largest absolute Gasteiger partial charge is 0.481 e. The Morgan fingerprint density at radius 3 is 2.32 bits per heavy atom. The predicted octanol–water partition coefficient (Wildman–Crippen LogP) is -3.22. The first kappa shape index (κ1) is 31.1. The maximum atomic E-state index is 13.0. The van der Waals surface area contributed by atoms with E-state index in [0.717, 1.165) is 6.54 Å². The van der Waals surface area contributed by atoms with E-state index in [2.05, 4.69) is 42.2 Å². The third kappa shape index (κ3) is 13.1. The summed E-state index contributed by atoms with van der Waals surface area (Å²) in [7, 11) is 0. The number of hydrogen-bond donors (Lipinski definition) is 8. The van der Waals surface area contributed by atoms with Crippen LogP contribution in [0.4, 0.5) is 0 Å². The van der Waals surface area contributed by atoms with E-state index in [4.69, 9.17) is 5.11 Å². The zero-order chi connectivity index (χ0) is 27.8. The first-order valence-electron chi connectivity index (χ1n) is 12.1. The van der Waals surface area contributed by atoms with Crippen LogP contribution in [0.1, 0.15) is 40.0 Å². The first-order chi connectivity index (χ1) is 17.5. The van der Waals surface area contributed by atoms with E-state index in [1.165, 1.54) is 6.92 Å². The minimum absolute atomic E-state index is 0.223. The van der Waals surface area contributed by atoms with E-state index >= 15 is 0 Å². The molecule has 0 aliphatic carbocycles. The summed E-state index contributed by atoms with van der Waals surface area (Å²) in [5.41, 5.74) is 0. The standard InChI is InChI=1S/C22H38N8O7/c1-13(2)19(30-16(32)10-23-12-31)21(37)29-15(5-4-6-24-22-25-7-8-26-22)20(36)27-11-17(33)28-14(3)9-18(34)35/h12-15,19H,4-11H2,1-3H3,(H,23,31)(H,27,36)(H,28,33)(H,29,37)(H,30,32)(H,34,35)(H2,24,25,26). The van der Waals surface area contributed by atoms with Crippen molar-refractivity contribution in [3.05, 3.63) is 0 Å². The van der Waals surface area contributed by atoms with Crippen molar-refractivity contribution in [2.24, 2.45) is 10.9 Å². The van der Waals surface area contributed by atoms with Crippen molar-refractivity contribution in [1.82, 2.24) is 37.2 Å². The van der Waals surface area contributed by atoms with Crippen molar-refractivity contribution >= 4 is 42.0 Å². The Kier molecular flexibility index (Phi) is 14.1. The van der Waals surface area contributed by atoms with Gasteiger partial charge in [-0.25, -0.2) is 0 Å². The number of amides is 5. The Balaban J connectivity index is 2.76. The number of nitrogens with one attached hydrogen (secondary N) is 7. The van der Waals surface area contributed by atoms with Crippen LogP contribution in [-0.4, -0.2) is 97.9 Å². The highest BCUT2D eigenvalue weighted by Gasteiger charge is 2.29. The number of carboxylic acid groups (broad SMARTS) is 1. The molecule has 0 bridgehead atoms. The van der Waals surface area contributed by atoms with E-state index in [9.17, 15) is 28.8 Å². The van der Waals surface area contributed by atoms with Crippen LogP contribution >= 0.6 is 0 Å². The van der Waals surface area contributed by atoms with E-state index < -0.39 is 54.3 Å². The molecule has 0 aromatic carbocycles. The van der Waals surface area contributed by atoms with Gasteiger partial charge in [-0.2, -0.15) is 0 Å². The lowest BCUT2D eigenvalue weighted by atomic mass is 10.0. The molecule has 5 amide bonds. The zero-order valence-corrected chi connectivity index (χ0v) is 21.4. The number of hydrogen-bond acceptors (Lipinski definition) is 9. The van der Waals surface area contributed by atoms with Gasteiger partial charge in [-0.3, -0.25) is 33.8 Å². The monoisotopic (exact) mass is 526 g/mol. The van der Waals surface area contributed by atoms with Crippen LogP contribution in [0.25, 0.3) is 0 Å². The van der Waals surface area contributed by atoms with E-state index in [1.54, 1.807) is 13.8 Å². The molecule has 15 nitrogen and oxygen atoms in total. The minimum Gasteiger partial charge on any atom is -0.481 e. The molecule has 15 heteroatoms. The molecule has 1 aliphatic heterocycles. The second kappa shape index (κ2) is 16.7. The van der Waals surface area contributed by atoms with Crippen LogP contribution in [-0.2, 0) is 28.8 Å². The number of carboxylic acids is 1. The van der Waals surface area contributed by atoms with Gasteiger partial charge in [0.15, 0.2) is 5.96 Å². The third-order valence-corrected chi connectivity index (χ3v) is 5.19. The number of rotatable bonds is 17. The summed E-state index contributed by atoms with van der Waals surface area (Å²) in [4.78, 5) is 75.3. The molecule has 0 aromatic heterocycles. The molecule has 0 saturated heterocycles. The molecule has 1 heterocycles. The summed E-state index contributed by atoms with van der Waals surface area (Å²) in [6.45, 7) is 6.13. The van der Waals surface area contributed by atoms with Gasteiger partial charge in [-0.1, -0.05) is 13.8 Å². The Labute approximate surface area is 215 Å². The molecule has 0 aromatic rings. The molecule has 37 heavy (non-hydrogen) atoms. The van der Waals surface area contributed by atoms with Crippen molar-refractivity contribution in [3.8, 4) is 0 Å². The molecule has 3 unspecified atom stereocenters. The molecule has 1 rings (SSSR count). The number of carbonyl (C=O) groups is 6. The Morgan fingerprint density at radius 2 is 1.73 bits per heavy atom. The van der Waals surface area contributed by atoms with Gasteiger partial charge in [0.2, 0.25) is 30.0 Å². The predicted molar refractivity (Wildman–Crippen MR) is 133 cm³/mol. The van der Waals surface area contributed by atoms with Crippen LogP contribution < -0.4 is 37.2 Å². The number of nitrogens with zero attached hydrogens (tertiary/aromatic N) is 1. The number of aliphatic carboxylic acids is 1. The fraction of sp³-hybridized carbons (Fsp3) is 0.682. The van der Waals surface area contributed by atoms with Crippen molar-refractivity contribution in [2.45, 2.75) is 58.2 Å². The molecule has 0 spiro atoms. The van der Waals surface area contributed by atoms with E-state index in [0.29, 0.717) is 31.9 Å². The molecule has 3 atom stereocenters. The summed E-state index contributed by atoms with van der Waals surface area (Å²) >= 11 is 0. The second-order valence-corrected chi connectivity index (χ2v) is 8.86. The maximum absolute atomic E-state index is 13.0. The molecule has 208 valence electrons. The topological polar surface area (TPSA) is 219 Å². The molecule has 0 saturated carbocycles. The normalized spacial score (nSPS) is 14.8. The number of guanidine groups is 1. The van der Waals surface area contributed by atoms with Gasteiger partial charge in [-0.15, -0.1) is 0 Å². The van der Waals surface area contributed by atoms with Crippen molar-refractivity contribution < 1.29 is 33.9 Å². The maximum Gasteiger partial charge on any atom is 0.305 e. The highest BCUT2D eigenvalue weighted by molar-refractivity contribution is 5.94.